The van der Waals surface area contributed by atoms with E-state index in [0.717, 1.165) is 11.1 Å². The van der Waals surface area contributed by atoms with Gasteiger partial charge in [-0.3, -0.25) is 4.79 Å². The zero-order valence-electron chi connectivity index (χ0n) is 12.0. The van der Waals surface area contributed by atoms with Crippen LogP contribution in [0.4, 0.5) is 5.69 Å². The summed E-state index contributed by atoms with van der Waals surface area (Å²) in [5.74, 6) is -0.0427. The first-order valence-electron chi connectivity index (χ1n) is 6.88. The fraction of sp³-hybridized carbons (Fsp3) is 0.0556. The Hall–Kier alpha value is -2.59. The van der Waals surface area contributed by atoms with Gasteiger partial charge < -0.3 is 10.4 Å². The van der Waals surface area contributed by atoms with Crippen molar-refractivity contribution in [2.75, 3.05) is 5.32 Å². The molecule has 0 radical (unpaired) electrons. The largest absolute Gasteiger partial charge is 0.508 e. The van der Waals surface area contributed by atoms with E-state index in [2.05, 4.69) is 5.32 Å². The smallest absolute Gasteiger partial charge is 0.266 e. The summed E-state index contributed by atoms with van der Waals surface area (Å²) in [5.41, 5.74) is 3.70. The number of hydrogen-bond acceptors (Lipinski definition) is 3. The molecule has 0 aliphatic carbocycles. The van der Waals surface area contributed by atoms with E-state index in [1.54, 1.807) is 18.2 Å². The Morgan fingerprint density at radius 1 is 1.09 bits per heavy atom. The highest BCUT2D eigenvalue weighted by atomic mass is 32.1. The minimum Gasteiger partial charge on any atom is -0.508 e. The maximum Gasteiger partial charge on any atom is 0.266 e. The van der Waals surface area contributed by atoms with Crippen LogP contribution in [0.3, 0.4) is 0 Å². The molecule has 110 valence electrons. The monoisotopic (exact) mass is 309 g/mol. The van der Waals surface area contributed by atoms with Crippen LogP contribution in [-0.4, -0.2) is 11.0 Å². The van der Waals surface area contributed by atoms with E-state index in [1.165, 1.54) is 23.0 Å². The molecule has 2 aromatic carbocycles. The molecule has 1 amide bonds. The number of thiophene rings is 1. The molecule has 3 aromatic rings. The zero-order chi connectivity index (χ0) is 15.5. The van der Waals surface area contributed by atoms with Crippen molar-refractivity contribution < 1.29 is 9.90 Å². The number of nitrogens with one attached hydrogen (secondary N) is 1. The first-order chi connectivity index (χ1) is 10.6. The topological polar surface area (TPSA) is 49.3 Å². The van der Waals surface area contributed by atoms with Gasteiger partial charge in [0.05, 0.1) is 4.88 Å². The molecule has 0 aliphatic heterocycles. The number of benzene rings is 2. The predicted molar refractivity (Wildman–Crippen MR) is 90.6 cm³/mol. The van der Waals surface area contributed by atoms with Crippen LogP contribution in [-0.2, 0) is 0 Å². The summed E-state index contributed by atoms with van der Waals surface area (Å²) in [6.45, 7) is 2.03. The van der Waals surface area contributed by atoms with Crippen molar-refractivity contribution in [3.05, 3.63) is 70.4 Å². The van der Waals surface area contributed by atoms with E-state index in [9.17, 15) is 9.90 Å². The van der Waals surface area contributed by atoms with Crippen molar-refractivity contribution in [2.24, 2.45) is 0 Å². The highest BCUT2D eigenvalue weighted by Gasteiger charge is 2.14. The molecule has 3 nitrogen and oxygen atoms in total. The third-order valence-electron chi connectivity index (χ3n) is 3.34. The van der Waals surface area contributed by atoms with E-state index in [-0.39, 0.29) is 11.7 Å². The maximum atomic E-state index is 12.5. The van der Waals surface area contributed by atoms with E-state index in [1.807, 2.05) is 42.6 Å². The summed E-state index contributed by atoms with van der Waals surface area (Å²) in [5, 5.41) is 14.2. The lowest BCUT2D eigenvalue weighted by molar-refractivity contribution is 0.103. The van der Waals surface area contributed by atoms with Gasteiger partial charge in [-0.2, -0.15) is 0 Å². The summed E-state index contributed by atoms with van der Waals surface area (Å²) in [6, 6.07) is 16.6. The average Bonchev–Trinajstić information content (AvgIpc) is 2.97. The molecule has 1 aromatic heterocycles. The lowest BCUT2D eigenvalue weighted by atomic mass is 10.0. The fourth-order valence-electron chi connectivity index (χ4n) is 2.22. The minimum atomic E-state index is -0.170. The number of aryl methyl sites for hydroxylation is 1. The van der Waals surface area contributed by atoms with Gasteiger partial charge in [0.1, 0.15) is 5.75 Å². The van der Waals surface area contributed by atoms with Crippen LogP contribution in [0, 0.1) is 6.92 Å². The van der Waals surface area contributed by atoms with Gasteiger partial charge in [-0.15, -0.1) is 11.3 Å². The maximum absolute atomic E-state index is 12.5. The number of carbonyl (C=O) groups excluding carboxylic acids is 1. The van der Waals surface area contributed by atoms with Crippen LogP contribution < -0.4 is 5.32 Å². The Balaban J connectivity index is 1.88. The number of anilines is 1. The second kappa shape index (κ2) is 6.03. The minimum absolute atomic E-state index is 0.128. The van der Waals surface area contributed by atoms with Crippen LogP contribution >= 0.6 is 11.3 Å². The molecule has 22 heavy (non-hydrogen) atoms. The summed E-state index contributed by atoms with van der Waals surface area (Å²) < 4.78 is 0. The second-order valence-electron chi connectivity index (χ2n) is 5.03. The molecule has 0 saturated carbocycles. The molecule has 0 unspecified atom stereocenters. The Kier molecular flexibility index (Phi) is 3.94. The molecule has 0 aliphatic rings. The third kappa shape index (κ3) is 3.02. The average molecular weight is 309 g/mol. The van der Waals surface area contributed by atoms with Crippen LogP contribution in [0.5, 0.6) is 5.75 Å². The molecule has 0 bridgehead atoms. The number of phenols is 1. The summed E-state index contributed by atoms with van der Waals surface area (Å²) in [4.78, 5) is 13.1. The van der Waals surface area contributed by atoms with E-state index < -0.39 is 0 Å². The van der Waals surface area contributed by atoms with E-state index in [4.69, 9.17) is 0 Å². The van der Waals surface area contributed by atoms with Gasteiger partial charge >= 0.3 is 0 Å². The molecule has 0 fully saturated rings. The molecule has 0 spiro atoms. The molecule has 0 saturated heterocycles. The highest BCUT2D eigenvalue weighted by molar-refractivity contribution is 7.12. The van der Waals surface area contributed by atoms with Gasteiger partial charge in [0.15, 0.2) is 0 Å². The molecule has 3 rings (SSSR count). The van der Waals surface area contributed by atoms with Gasteiger partial charge in [-0.25, -0.2) is 0 Å². The standard InChI is InChI=1S/C18H15NO2S/c1-12-5-7-13(8-6-12)16-9-10-22-17(16)18(21)19-14-3-2-4-15(20)11-14/h2-11,20H,1H3,(H,19,21). The third-order valence-corrected chi connectivity index (χ3v) is 4.25. The van der Waals surface area contributed by atoms with Gasteiger partial charge in [0, 0.05) is 17.3 Å². The SMILES string of the molecule is Cc1ccc(-c2ccsc2C(=O)Nc2cccc(O)c2)cc1. The Labute approximate surface area is 132 Å². The Morgan fingerprint density at radius 2 is 1.86 bits per heavy atom. The number of amides is 1. The first kappa shape index (κ1) is 14.4. The fourth-order valence-corrected chi connectivity index (χ4v) is 3.03. The molecule has 0 atom stereocenters. The van der Waals surface area contributed by atoms with Crippen molar-refractivity contribution in [2.45, 2.75) is 6.92 Å². The van der Waals surface area contributed by atoms with Crippen molar-refractivity contribution in [3.63, 3.8) is 0 Å². The Morgan fingerprint density at radius 3 is 2.59 bits per heavy atom. The van der Waals surface area contributed by atoms with Gasteiger partial charge in [0.2, 0.25) is 0 Å². The highest BCUT2D eigenvalue weighted by Crippen LogP contribution is 2.29. The summed E-state index contributed by atoms with van der Waals surface area (Å²) in [6.07, 6.45) is 0. The normalized spacial score (nSPS) is 10.4. The number of aromatic hydroxyl groups is 1. The van der Waals surface area contributed by atoms with Crippen LogP contribution in [0.25, 0.3) is 11.1 Å². The van der Waals surface area contributed by atoms with Gasteiger partial charge in [0.25, 0.3) is 5.91 Å². The van der Waals surface area contributed by atoms with Crippen LogP contribution in [0.15, 0.2) is 60.0 Å². The van der Waals surface area contributed by atoms with Gasteiger partial charge in [-0.05, 0) is 36.1 Å². The van der Waals surface area contributed by atoms with Crippen molar-refractivity contribution in [1.82, 2.24) is 0 Å². The first-order valence-corrected chi connectivity index (χ1v) is 7.76. The number of rotatable bonds is 3. The predicted octanol–water partition coefficient (Wildman–Crippen LogP) is 4.68. The molecule has 2 N–H and O–H groups in total. The van der Waals surface area contributed by atoms with Crippen molar-refractivity contribution in [3.8, 4) is 16.9 Å². The number of hydrogen-bond donors (Lipinski definition) is 2. The zero-order valence-corrected chi connectivity index (χ0v) is 12.9. The molecule has 4 heteroatoms. The summed E-state index contributed by atoms with van der Waals surface area (Å²) >= 11 is 1.41. The van der Waals surface area contributed by atoms with E-state index in [0.29, 0.717) is 10.6 Å². The van der Waals surface area contributed by atoms with Gasteiger partial charge in [-0.1, -0.05) is 35.9 Å². The van der Waals surface area contributed by atoms with E-state index >= 15 is 0 Å². The lowest BCUT2D eigenvalue weighted by Gasteiger charge is -2.07. The lowest BCUT2D eigenvalue weighted by Crippen LogP contribution is -2.11. The van der Waals surface area contributed by atoms with Crippen LogP contribution in [0.2, 0.25) is 0 Å². The number of phenolic OH excluding ortho intramolecular Hbond substituents is 1. The van der Waals surface area contributed by atoms with Crippen molar-refractivity contribution in [1.29, 1.82) is 0 Å². The Bertz CT molecular complexity index is 806. The molecular weight excluding hydrogens is 294 g/mol. The second-order valence-corrected chi connectivity index (χ2v) is 5.95. The summed E-state index contributed by atoms with van der Waals surface area (Å²) in [7, 11) is 0. The molecular formula is C18H15NO2S. The number of carbonyl (C=O) groups is 1. The molecule has 1 heterocycles. The van der Waals surface area contributed by atoms with Crippen LogP contribution in [0.1, 0.15) is 15.2 Å². The van der Waals surface area contributed by atoms with Crippen molar-refractivity contribution >= 4 is 22.9 Å². The quantitative estimate of drug-likeness (QED) is 0.738.